The van der Waals surface area contributed by atoms with E-state index < -0.39 is 0 Å². The molecule has 0 saturated heterocycles. The molecule has 2 aromatic heterocycles. The largest absolute Gasteiger partial charge is 0.299 e. The van der Waals surface area contributed by atoms with E-state index in [0.717, 1.165) is 12.8 Å². The Morgan fingerprint density at radius 3 is 1.65 bits per heavy atom. The highest BCUT2D eigenvalue weighted by molar-refractivity contribution is 8.00. The van der Waals surface area contributed by atoms with E-state index in [-0.39, 0.29) is 23.7 Å². The molecule has 26 heavy (non-hydrogen) atoms. The van der Waals surface area contributed by atoms with Crippen LogP contribution in [0.25, 0.3) is 0 Å². The van der Waals surface area contributed by atoms with Gasteiger partial charge in [0.1, 0.15) is 11.6 Å². The van der Waals surface area contributed by atoms with Crippen LogP contribution >= 0.6 is 46.2 Å². The summed E-state index contributed by atoms with van der Waals surface area (Å²) in [7, 11) is 0. The van der Waals surface area contributed by atoms with E-state index in [1.54, 1.807) is 22.7 Å². The van der Waals surface area contributed by atoms with Crippen molar-refractivity contribution in [1.29, 1.82) is 0 Å². The van der Waals surface area contributed by atoms with Crippen molar-refractivity contribution in [2.45, 2.75) is 45.0 Å². The molecule has 3 saturated carbocycles. The molecule has 132 valence electrons. The fourth-order valence-electron chi connectivity index (χ4n) is 6.35. The lowest BCUT2D eigenvalue weighted by atomic mass is 9.70. The molecule has 8 unspecified atom stereocenters. The van der Waals surface area contributed by atoms with Gasteiger partial charge in [-0.25, -0.2) is 0 Å². The molecule has 0 bridgehead atoms. The summed E-state index contributed by atoms with van der Waals surface area (Å²) >= 11 is 7.36. The first-order valence-corrected chi connectivity index (χ1v) is 12.8. The van der Waals surface area contributed by atoms with Crippen LogP contribution in [-0.4, -0.2) is 22.1 Å². The second-order valence-electron chi connectivity index (χ2n) is 8.24. The minimum Gasteiger partial charge on any atom is -0.299 e. The van der Waals surface area contributed by atoms with Crippen LogP contribution in [0.5, 0.6) is 0 Å². The van der Waals surface area contributed by atoms with Gasteiger partial charge in [0.05, 0.1) is 11.8 Å². The highest BCUT2D eigenvalue weighted by atomic mass is 32.2. The average Bonchev–Trinajstić information content (AvgIpc) is 3.40. The third-order valence-electron chi connectivity index (χ3n) is 7.34. The van der Waals surface area contributed by atoms with Crippen molar-refractivity contribution in [2.24, 2.45) is 23.7 Å². The normalized spacial score (nSPS) is 44.5. The number of ketones is 2. The molecule has 5 aliphatic rings. The van der Waals surface area contributed by atoms with Crippen LogP contribution in [-0.2, 0) is 9.59 Å². The van der Waals surface area contributed by atoms with Crippen molar-refractivity contribution < 1.29 is 9.59 Å². The Balaban J connectivity index is 1.26. The molecule has 7 rings (SSSR count). The zero-order valence-corrected chi connectivity index (χ0v) is 17.1. The first-order chi connectivity index (χ1) is 12.7. The Morgan fingerprint density at radius 2 is 1.19 bits per heavy atom. The highest BCUT2D eigenvalue weighted by Gasteiger charge is 2.64. The Morgan fingerprint density at radius 1 is 0.731 bits per heavy atom. The van der Waals surface area contributed by atoms with E-state index in [9.17, 15) is 9.59 Å². The summed E-state index contributed by atoms with van der Waals surface area (Å²) in [4.78, 5) is 31.9. The monoisotopic (exact) mass is 416 g/mol. The summed E-state index contributed by atoms with van der Waals surface area (Å²) in [6, 6.07) is 4.36. The molecule has 2 nitrogen and oxygen atoms in total. The molecule has 8 atom stereocenters. The van der Waals surface area contributed by atoms with Crippen molar-refractivity contribution in [1.82, 2.24) is 0 Å². The van der Waals surface area contributed by atoms with Gasteiger partial charge in [-0.2, -0.15) is 0 Å². The number of rotatable bonds is 0. The maximum absolute atomic E-state index is 13.3. The van der Waals surface area contributed by atoms with Crippen LogP contribution in [0.1, 0.15) is 34.4 Å². The second kappa shape index (κ2) is 5.07. The lowest BCUT2D eigenvalue weighted by Gasteiger charge is -2.36. The zero-order chi connectivity index (χ0) is 17.2. The van der Waals surface area contributed by atoms with Crippen LogP contribution < -0.4 is 0 Å². The Hall–Kier alpha value is -0.560. The number of fused-ring (bicyclic) bond motifs is 10. The molecular formula is C20H16O2S4. The summed E-state index contributed by atoms with van der Waals surface area (Å²) in [5.74, 6) is 2.42. The number of hydrogen-bond donors (Lipinski definition) is 0. The summed E-state index contributed by atoms with van der Waals surface area (Å²) < 4.78 is 0. The third kappa shape index (κ3) is 1.70. The van der Waals surface area contributed by atoms with Gasteiger partial charge in [0.2, 0.25) is 0 Å². The van der Waals surface area contributed by atoms with Gasteiger partial charge in [0, 0.05) is 41.9 Å². The van der Waals surface area contributed by atoms with Crippen molar-refractivity contribution in [3.63, 3.8) is 0 Å². The predicted molar refractivity (Wildman–Crippen MR) is 107 cm³/mol. The fourth-order valence-corrected chi connectivity index (χ4v) is 12.3. The van der Waals surface area contributed by atoms with Gasteiger partial charge >= 0.3 is 0 Å². The Labute approximate surface area is 168 Å². The van der Waals surface area contributed by atoms with Crippen LogP contribution in [0.4, 0.5) is 0 Å². The van der Waals surface area contributed by atoms with Crippen LogP contribution in [0.15, 0.2) is 32.7 Å². The number of hydrogen-bond acceptors (Lipinski definition) is 6. The van der Waals surface area contributed by atoms with E-state index >= 15 is 0 Å². The Bertz CT molecular complexity index is 896. The van der Waals surface area contributed by atoms with Gasteiger partial charge in [0.25, 0.3) is 0 Å². The molecule has 4 heterocycles. The van der Waals surface area contributed by atoms with E-state index in [2.05, 4.69) is 22.9 Å². The highest BCUT2D eigenvalue weighted by Crippen LogP contribution is 2.66. The first kappa shape index (κ1) is 15.4. The van der Waals surface area contributed by atoms with Crippen LogP contribution in [0, 0.1) is 23.7 Å². The third-order valence-corrected chi connectivity index (χ3v) is 12.6. The summed E-state index contributed by atoms with van der Waals surface area (Å²) in [6.07, 6.45) is 1.91. The molecule has 0 amide bonds. The summed E-state index contributed by atoms with van der Waals surface area (Å²) in [5.41, 5.74) is 0. The van der Waals surface area contributed by atoms with Gasteiger partial charge < -0.3 is 0 Å². The maximum Gasteiger partial charge on any atom is 0.145 e. The molecule has 2 aromatic rings. The minimum atomic E-state index is 0.118. The second-order valence-corrected chi connectivity index (χ2v) is 12.6. The van der Waals surface area contributed by atoms with Gasteiger partial charge in [-0.3, -0.25) is 9.59 Å². The molecule has 6 heteroatoms. The standard InChI is InChI=1S/C20H16O2S4/c21-15-7-6-10-8(16(22)14-18(10)26-12-2-4-24-20(12)14)5-9(7)17-13(15)19-11(25-17)1-3-23-19/h1-4,7-10,13-14,17-18H,5-6H2. The maximum atomic E-state index is 13.3. The average molecular weight is 417 g/mol. The topological polar surface area (TPSA) is 34.1 Å². The lowest BCUT2D eigenvalue weighted by Crippen LogP contribution is -2.35. The molecule has 0 N–H and O–H groups in total. The van der Waals surface area contributed by atoms with Gasteiger partial charge in [0.15, 0.2) is 0 Å². The fraction of sp³-hybridized carbons (Fsp3) is 0.500. The number of Topliss-reactive ketones (excluding diaryl/α,β-unsaturated/α-hetero) is 2. The van der Waals surface area contributed by atoms with Gasteiger partial charge in [-0.1, -0.05) is 0 Å². The zero-order valence-electron chi connectivity index (χ0n) is 13.8. The predicted octanol–water partition coefficient (Wildman–Crippen LogP) is 5.05. The molecule has 0 spiro atoms. The summed E-state index contributed by atoms with van der Waals surface area (Å²) in [6.45, 7) is 0. The molecule has 3 fully saturated rings. The van der Waals surface area contributed by atoms with Gasteiger partial charge in [-0.15, -0.1) is 46.2 Å². The van der Waals surface area contributed by atoms with E-state index in [0.29, 0.717) is 33.9 Å². The molecule has 3 aliphatic carbocycles. The first-order valence-electron chi connectivity index (χ1n) is 9.28. The molecular weight excluding hydrogens is 400 g/mol. The van der Waals surface area contributed by atoms with Gasteiger partial charge in [-0.05, 0) is 47.6 Å². The van der Waals surface area contributed by atoms with Crippen LogP contribution in [0.2, 0.25) is 0 Å². The van der Waals surface area contributed by atoms with Crippen molar-refractivity contribution >= 4 is 57.8 Å². The quantitative estimate of drug-likeness (QED) is 0.602. The van der Waals surface area contributed by atoms with Crippen LogP contribution in [0.3, 0.4) is 0 Å². The van der Waals surface area contributed by atoms with E-state index in [4.69, 9.17) is 0 Å². The number of thiophene rings is 2. The van der Waals surface area contributed by atoms with E-state index in [1.807, 2.05) is 23.5 Å². The van der Waals surface area contributed by atoms with Crippen molar-refractivity contribution in [3.05, 3.63) is 32.6 Å². The number of carbonyl (C=O) groups excluding carboxylic acids is 2. The minimum absolute atomic E-state index is 0.118. The molecule has 0 aromatic carbocycles. The molecule has 2 aliphatic heterocycles. The van der Waals surface area contributed by atoms with E-state index in [1.165, 1.54) is 19.5 Å². The SMILES string of the molecule is O=C1C2CC3C(CC2C2Sc4ccsc4C12)C(=O)C1c2sccc2SC13. The summed E-state index contributed by atoms with van der Waals surface area (Å²) in [5, 5.41) is 5.04. The number of carbonyl (C=O) groups is 2. The van der Waals surface area contributed by atoms with Crippen molar-refractivity contribution in [2.75, 3.05) is 0 Å². The molecule has 0 radical (unpaired) electrons. The smallest absolute Gasteiger partial charge is 0.145 e. The lowest BCUT2D eigenvalue weighted by molar-refractivity contribution is -0.127. The van der Waals surface area contributed by atoms with Crippen molar-refractivity contribution in [3.8, 4) is 0 Å². The number of thioether (sulfide) groups is 2. The Kier molecular flexibility index (Phi) is 3.00.